The van der Waals surface area contributed by atoms with Crippen LogP contribution in [0.4, 0.5) is 0 Å². The van der Waals surface area contributed by atoms with Gasteiger partial charge in [0.25, 0.3) is 0 Å². The summed E-state index contributed by atoms with van der Waals surface area (Å²) in [5.74, 6) is -0.817. The molecule has 0 N–H and O–H groups in total. The van der Waals surface area contributed by atoms with Crippen molar-refractivity contribution in [2.75, 3.05) is 6.61 Å². The minimum atomic E-state index is -0.694. The molecule has 6 nitrogen and oxygen atoms in total. The zero-order valence-corrected chi connectivity index (χ0v) is 12.1. The van der Waals surface area contributed by atoms with E-state index in [0.29, 0.717) is 12.4 Å². The van der Waals surface area contributed by atoms with Crippen LogP contribution in [0, 0.1) is 11.3 Å². The molecule has 6 heteroatoms. The minimum absolute atomic E-state index is 0.236. The number of nitriles is 1. The van der Waals surface area contributed by atoms with Crippen LogP contribution in [0.5, 0.6) is 0 Å². The molecule has 0 spiro atoms. The van der Waals surface area contributed by atoms with Crippen molar-refractivity contribution in [3.63, 3.8) is 0 Å². The van der Waals surface area contributed by atoms with E-state index in [2.05, 4.69) is 0 Å². The smallest absolute Gasteiger partial charge is 0.164 e. The molecule has 0 aliphatic carbocycles. The van der Waals surface area contributed by atoms with Crippen molar-refractivity contribution in [3.05, 3.63) is 11.8 Å². The molecule has 0 unspecified atom stereocenters. The van der Waals surface area contributed by atoms with E-state index in [1.54, 1.807) is 0 Å². The summed E-state index contributed by atoms with van der Waals surface area (Å²) in [6, 6.07) is 1.98. The number of nitrogens with zero attached hydrogens (tertiary/aromatic N) is 1. The molecule has 4 atom stereocenters. The lowest BCUT2D eigenvalue weighted by Gasteiger charge is -2.25. The molecule has 110 valence electrons. The first kappa shape index (κ1) is 13.8. The number of ether oxygens (including phenoxy) is 5. The van der Waals surface area contributed by atoms with Gasteiger partial charge in [0.2, 0.25) is 0 Å². The van der Waals surface area contributed by atoms with E-state index in [1.807, 2.05) is 33.8 Å². The Bertz CT molecular complexity index is 478. The molecule has 0 bridgehead atoms. The van der Waals surface area contributed by atoms with Gasteiger partial charge in [-0.3, -0.25) is 0 Å². The molecule has 3 aliphatic heterocycles. The maximum Gasteiger partial charge on any atom is 0.164 e. The van der Waals surface area contributed by atoms with Crippen LogP contribution in [0.3, 0.4) is 0 Å². The van der Waals surface area contributed by atoms with Crippen LogP contribution in [0.1, 0.15) is 27.7 Å². The second-order valence-corrected chi connectivity index (χ2v) is 6.15. The molecule has 3 heterocycles. The van der Waals surface area contributed by atoms with E-state index in [1.165, 1.54) is 6.08 Å². The standard InChI is InChI=1S/C14H19NO5/c1-13(2)16-7-9(18-13)10-12-11(8(17-10)5-6-15)19-14(3,4)20-12/h5,9-12H,7H2,1-4H3/b8-5+/t9-,10-,11-,12+/m1/s1. The van der Waals surface area contributed by atoms with Crippen molar-refractivity contribution in [1.29, 1.82) is 5.26 Å². The van der Waals surface area contributed by atoms with E-state index >= 15 is 0 Å². The van der Waals surface area contributed by atoms with Gasteiger partial charge in [0.1, 0.15) is 24.1 Å². The lowest BCUT2D eigenvalue weighted by molar-refractivity contribution is -0.187. The first-order valence-electron chi connectivity index (χ1n) is 6.75. The molecule has 3 aliphatic rings. The Morgan fingerprint density at radius 3 is 2.45 bits per heavy atom. The minimum Gasteiger partial charge on any atom is -0.485 e. The Kier molecular flexibility index (Phi) is 3.07. The molecule has 0 aromatic carbocycles. The zero-order valence-electron chi connectivity index (χ0n) is 12.1. The topological polar surface area (TPSA) is 69.9 Å². The van der Waals surface area contributed by atoms with E-state index in [9.17, 15) is 0 Å². The average Bonchev–Trinajstić information content (AvgIpc) is 2.92. The summed E-state index contributed by atoms with van der Waals surface area (Å²) in [6.45, 7) is 7.86. The molecule has 3 fully saturated rings. The summed E-state index contributed by atoms with van der Waals surface area (Å²) in [5.41, 5.74) is 0. The third kappa shape index (κ3) is 2.31. The summed E-state index contributed by atoms with van der Waals surface area (Å²) < 4.78 is 29.0. The van der Waals surface area contributed by atoms with E-state index in [4.69, 9.17) is 28.9 Å². The first-order chi connectivity index (χ1) is 9.31. The van der Waals surface area contributed by atoms with Gasteiger partial charge in [-0.2, -0.15) is 5.26 Å². The van der Waals surface area contributed by atoms with Gasteiger partial charge in [0, 0.05) is 0 Å². The Hall–Kier alpha value is -1.13. The van der Waals surface area contributed by atoms with Crippen molar-refractivity contribution in [2.45, 2.75) is 63.7 Å². The number of allylic oxidation sites excluding steroid dienone is 1. The van der Waals surface area contributed by atoms with Crippen LogP contribution < -0.4 is 0 Å². The van der Waals surface area contributed by atoms with Gasteiger partial charge in [-0.25, -0.2) is 0 Å². The molecule has 0 aromatic heterocycles. The van der Waals surface area contributed by atoms with Gasteiger partial charge in [-0.15, -0.1) is 0 Å². The molecule has 0 aromatic rings. The van der Waals surface area contributed by atoms with Gasteiger partial charge in [-0.05, 0) is 27.7 Å². The molecular weight excluding hydrogens is 262 g/mol. The van der Waals surface area contributed by atoms with Gasteiger partial charge >= 0.3 is 0 Å². The van der Waals surface area contributed by atoms with Crippen LogP contribution in [0.15, 0.2) is 11.8 Å². The molecule has 3 saturated heterocycles. The number of fused-ring (bicyclic) bond motifs is 1. The van der Waals surface area contributed by atoms with Crippen molar-refractivity contribution in [2.24, 2.45) is 0 Å². The maximum atomic E-state index is 8.85. The summed E-state index contributed by atoms with van der Waals surface area (Å²) in [5, 5.41) is 8.85. The second-order valence-electron chi connectivity index (χ2n) is 6.15. The predicted octanol–water partition coefficient (Wildman–Crippen LogP) is 1.46. The largest absolute Gasteiger partial charge is 0.485 e. The van der Waals surface area contributed by atoms with Crippen molar-refractivity contribution < 1.29 is 23.7 Å². The van der Waals surface area contributed by atoms with E-state index in [0.717, 1.165) is 0 Å². The van der Waals surface area contributed by atoms with Crippen LogP contribution in [0.2, 0.25) is 0 Å². The van der Waals surface area contributed by atoms with E-state index < -0.39 is 11.6 Å². The SMILES string of the molecule is CC1(C)O[C@H]2[C@@H]([C@H]3COC(C)(C)O3)O/C(=C/C#N)[C@H]2O1. The number of hydrogen-bond donors (Lipinski definition) is 0. The van der Waals surface area contributed by atoms with Crippen molar-refractivity contribution >= 4 is 0 Å². The summed E-state index contributed by atoms with van der Waals surface area (Å²) in [6.07, 6.45) is 0.153. The van der Waals surface area contributed by atoms with Gasteiger partial charge in [0.05, 0.1) is 18.8 Å². The summed E-state index contributed by atoms with van der Waals surface area (Å²) >= 11 is 0. The lowest BCUT2D eigenvalue weighted by atomic mass is 10.1. The number of hydrogen-bond acceptors (Lipinski definition) is 6. The molecule has 0 radical (unpaired) electrons. The van der Waals surface area contributed by atoms with Crippen molar-refractivity contribution in [1.82, 2.24) is 0 Å². The maximum absolute atomic E-state index is 8.85. The third-order valence-electron chi connectivity index (χ3n) is 3.61. The zero-order chi connectivity index (χ0) is 14.5. The van der Waals surface area contributed by atoms with Gasteiger partial charge in [0.15, 0.2) is 17.7 Å². The fourth-order valence-corrected chi connectivity index (χ4v) is 2.89. The Balaban J connectivity index is 1.83. The fourth-order valence-electron chi connectivity index (χ4n) is 2.89. The van der Waals surface area contributed by atoms with Gasteiger partial charge in [-0.1, -0.05) is 0 Å². The normalized spacial score (nSPS) is 43.2. The highest BCUT2D eigenvalue weighted by Gasteiger charge is 2.57. The summed E-state index contributed by atoms with van der Waals surface area (Å²) in [4.78, 5) is 0. The van der Waals surface area contributed by atoms with Crippen LogP contribution in [-0.2, 0) is 23.7 Å². The average molecular weight is 281 g/mol. The Labute approximate surface area is 118 Å². The highest BCUT2D eigenvalue weighted by atomic mass is 16.8. The lowest BCUT2D eigenvalue weighted by Crippen LogP contribution is -2.40. The second kappa shape index (κ2) is 4.43. The van der Waals surface area contributed by atoms with Gasteiger partial charge < -0.3 is 23.7 Å². The van der Waals surface area contributed by atoms with Crippen molar-refractivity contribution in [3.8, 4) is 6.07 Å². The molecular formula is C14H19NO5. The van der Waals surface area contributed by atoms with Crippen LogP contribution in [-0.4, -0.2) is 42.6 Å². The Morgan fingerprint density at radius 1 is 1.10 bits per heavy atom. The monoisotopic (exact) mass is 281 g/mol. The number of rotatable bonds is 1. The quantitative estimate of drug-likeness (QED) is 0.678. The van der Waals surface area contributed by atoms with Crippen LogP contribution >= 0.6 is 0 Å². The molecule has 20 heavy (non-hydrogen) atoms. The predicted molar refractivity (Wildman–Crippen MR) is 67.3 cm³/mol. The molecule has 0 saturated carbocycles. The van der Waals surface area contributed by atoms with Crippen LogP contribution in [0.25, 0.3) is 0 Å². The van der Waals surface area contributed by atoms with E-state index in [-0.39, 0.29) is 24.4 Å². The molecule has 0 amide bonds. The summed E-state index contributed by atoms with van der Waals surface area (Å²) in [7, 11) is 0. The highest BCUT2D eigenvalue weighted by molar-refractivity contribution is 5.21. The molecule has 3 rings (SSSR count). The highest BCUT2D eigenvalue weighted by Crippen LogP contribution is 2.43. The first-order valence-corrected chi connectivity index (χ1v) is 6.75. The Morgan fingerprint density at radius 2 is 1.85 bits per heavy atom. The fraction of sp³-hybridized carbons (Fsp3) is 0.786. The third-order valence-corrected chi connectivity index (χ3v) is 3.61.